The van der Waals surface area contributed by atoms with E-state index in [0.29, 0.717) is 26.9 Å². The van der Waals surface area contributed by atoms with Crippen molar-refractivity contribution in [2.45, 2.75) is 23.6 Å². The number of carbonyl (C=O) groups is 3. The molecule has 1 aliphatic rings. The molecule has 0 bridgehead atoms. The number of hydrogen-bond acceptors (Lipinski definition) is 3. The molecule has 0 radical (unpaired) electrons. The summed E-state index contributed by atoms with van der Waals surface area (Å²) in [6.45, 7) is 1.62. The molecule has 0 spiro atoms. The molecular weight excluding hydrogens is 618 g/mol. The molecule has 0 aliphatic heterocycles. The van der Waals surface area contributed by atoms with E-state index in [0.717, 1.165) is 0 Å². The van der Waals surface area contributed by atoms with Crippen molar-refractivity contribution in [1.29, 1.82) is 0 Å². The molecule has 3 amide bonds. The maximum atomic E-state index is 13.0. The van der Waals surface area contributed by atoms with Gasteiger partial charge in [0.15, 0.2) is 0 Å². The van der Waals surface area contributed by atoms with Crippen molar-refractivity contribution in [1.82, 2.24) is 0 Å². The fourth-order valence-electron chi connectivity index (χ4n) is 4.04. The Balaban J connectivity index is 1.47. The number of benzene rings is 3. The Labute approximate surface area is 246 Å². The van der Waals surface area contributed by atoms with Crippen LogP contribution in [0.25, 0.3) is 0 Å². The molecule has 1 fully saturated rings. The summed E-state index contributed by atoms with van der Waals surface area (Å²) in [6.07, 6.45) is -3.16. The lowest BCUT2D eigenvalue weighted by Crippen LogP contribution is -2.20. The number of carbonyl (C=O) groups excluding carboxylic acids is 3. The van der Waals surface area contributed by atoms with Gasteiger partial charge in [-0.05, 0) is 66.6 Å². The van der Waals surface area contributed by atoms with Crippen LogP contribution < -0.4 is 16.0 Å². The summed E-state index contributed by atoms with van der Waals surface area (Å²) in [5.41, 5.74) is 1.99. The van der Waals surface area contributed by atoms with Gasteiger partial charge in [-0.1, -0.05) is 40.9 Å². The van der Waals surface area contributed by atoms with Gasteiger partial charge in [0.1, 0.15) is 4.33 Å². The van der Waals surface area contributed by atoms with Crippen LogP contribution in [0.3, 0.4) is 0 Å². The quantitative estimate of drug-likeness (QED) is 0.231. The highest BCUT2D eigenvalue weighted by molar-refractivity contribution is 6.53. The van der Waals surface area contributed by atoms with E-state index in [4.69, 9.17) is 58.0 Å². The van der Waals surface area contributed by atoms with Crippen LogP contribution in [0.5, 0.6) is 0 Å². The molecular formula is C26H18Cl5F2N3O3. The number of anilines is 3. The van der Waals surface area contributed by atoms with Crippen LogP contribution in [-0.2, 0) is 9.59 Å². The second-order valence-electron chi connectivity index (χ2n) is 8.76. The van der Waals surface area contributed by atoms with Gasteiger partial charge in [-0.25, -0.2) is 0 Å². The summed E-state index contributed by atoms with van der Waals surface area (Å²) >= 11 is 31.1. The SMILES string of the molecule is Cc1cc(NC(=O)C(F)F)ccc1NC(=O)c1cc(NC(=O)[C@H]2[C@H](c3ccc(Cl)c(Cl)c3)C2(Cl)Cl)ccc1Cl. The van der Waals surface area contributed by atoms with E-state index in [2.05, 4.69) is 16.0 Å². The molecule has 0 heterocycles. The Hall–Kier alpha value is -2.62. The third-order valence-corrected chi connectivity index (χ3v) is 8.07. The number of hydrogen-bond donors (Lipinski definition) is 3. The van der Waals surface area contributed by atoms with E-state index in [1.807, 2.05) is 0 Å². The molecule has 1 aliphatic carbocycles. The van der Waals surface area contributed by atoms with E-state index in [9.17, 15) is 23.2 Å². The Morgan fingerprint density at radius 2 is 1.46 bits per heavy atom. The standard InChI is InChI=1S/C26H18Cl5F2N3O3/c1-11-8-13(35-25(39)22(32)33)4-7-19(11)36-23(37)15-10-14(3-6-16(15)27)34-24(38)21-20(26(21,30)31)12-2-5-17(28)18(29)9-12/h2-10,20-22H,1H3,(H,34,38)(H,35,39)(H,36,37)/t20-,21+/m0/s1. The first-order valence-electron chi connectivity index (χ1n) is 11.2. The average molecular weight is 636 g/mol. The molecule has 3 aromatic rings. The van der Waals surface area contributed by atoms with E-state index in [1.54, 1.807) is 25.1 Å². The highest BCUT2D eigenvalue weighted by atomic mass is 35.5. The first-order chi connectivity index (χ1) is 18.3. The molecule has 0 saturated heterocycles. The monoisotopic (exact) mass is 633 g/mol. The predicted molar refractivity (Wildman–Crippen MR) is 151 cm³/mol. The number of aryl methyl sites for hydroxylation is 1. The minimum atomic E-state index is -3.16. The van der Waals surface area contributed by atoms with Crippen molar-refractivity contribution in [3.05, 3.63) is 86.4 Å². The highest BCUT2D eigenvalue weighted by Crippen LogP contribution is 2.65. The van der Waals surface area contributed by atoms with Crippen molar-refractivity contribution >= 4 is 92.8 Å². The van der Waals surface area contributed by atoms with Gasteiger partial charge in [-0.15, -0.1) is 23.2 Å². The maximum Gasteiger partial charge on any atom is 0.315 e. The molecule has 1 saturated carbocycles. The van der Waals surface area contributed by atoms with Gasteiger partial charge < -0.3 is 16.0 Å². The van der Waals surface area contributed by atoms with Gasteiger partial charge in [-0.3, -0.25) is 14.4 Å². The summed E-state index contributed by atoms with van der Waals surface area (Å²) in [6, 6.07) is 13.5. The zero-order chi connectivity index (χ0) is 28.6. The Morgan fingerprint density at radius 1 is 0.821 bits per heavy atom. The first kappa shape index (κ1) is 29.4. The molecule has 6 nitrogen and oxygen atoms in total. The molecule has 3 N–H and O–H groups in total. The normalized spacial score (nSPS) is 17.5. The number of alkyl halides is 4. The van der Waals surface area contributed by atoms with E-state index >= 15 is 0 Å². The molecule has 0 unspecified atom stereocenters. The van der Waals surface area contributed by atoms with Crippen LogP contribution in [0.2, 0.25) is 15.1 Å². The van der Waals surface area contributed by atoms with Crippen molar-refractivity contribution in [2.24, 2.45) is 5.92 Å². The topological polar surface area (TPSA) is 87.3 Å². The van der Waals surface area contributed by atoms with Gasteiger partial charge in [0.25, 0.3) is 11.8 Å². The second-order valence-corrected chi connectivity index (χ2v) is 11.4. The lowest BCUT2D eigenvalue weighted by Gasteiger charge is -2.13. The fraction of sp³-hybridized carbons (Fsp3) is 0.192. The largest absolute Gasteiger partial charge is 0.326 e. The summed E-state index contributed by atoms with van der Waals surface area (Å²) in [7, 11) is 0. The van der Waals surface area contributed by atoms with Crippen molar-refractivity contribution in [2.75, 3.05) is 16.0 Å². The van der Waals surface area contributed by atoms with Gasteiger partial charge in [0.2, 0.25) is 5.91 Å². The smallest absolute Gasteiger partial charge is 0.315 e. The van der Waals surface area contributed by atoms with E-state index < -0.39 is 40.3 Å². The minimum Gasteiger partial charge on any atom is -0.326 e. The maximum absolute atomic E-state index is 13.0. The van der Waals surface area contributed by atoms with E-state index in [1.165, 1.54) is 36.4 Å². The fourth-order valence-corrected chi connectivity index (χ4v) is 5.38. The van der Waals surface area contributed by atoms with Crippen LogP contribution in [-0.4, -0.2) is 28.5 Å². The average Bonchev–Trinajstić information content (AvgIpc) is 3.45. The van der Waals surface area contributed by atoms with Crippen LogP contribution in [0, 0.1) is 12.8 Å². The number of halogens is 7. The summed E-state index contributed by atoms with van der Waals surface area (Å²) < 4.78 is 23.6. The van der Waals surface area contributed by atoms with Gasteiger partial charge in [0, 0.05) is 23.0 Å². The van der Waals surface area contributed by atoms with Crippen LogP contribution in [0.4, 0.5) is 25.8 Å². The Bertz CT molecular complexity index is 1490. The predicted octanol–water partition coefficient (Wildman–Crippen LogP) is 7.94. The third-order valence-electron chi connectivity index (χ3n) is 6.06. The summed E-state index contributed by atoms with van der Waals surface area (Å²) in [5.74, 6) is -3.82. The van der Waals surface area contributed by atoms with Gasteiger partial charge >= 0.3 is 6.43 Å². The van der Waals surface area contributed by atoms with Gasteiger partial charge in [0.05, 0.1) is 26.5 Å². The molecule has 0 aromatic heterocycles. The lowest BCUT2D eigenvalue weighted by atomic mass is 10.1. The molecule has 3 aromatic carbocycles. The summed E-state index contributed by atoms with van der Waals surface area (Å²) in [5, 5.41) is 8.24. The molecule has 13 heteroatoms. The van der Waals surface area contributed by atoms with Crippen LogP contribution in [0.15, 0.2) is 54.6 Å². The van der Waals surface area contributed by atoms with Crippen molar-refractivity contribution < 1.29 is 23.2 Å². The van der Waals surface area contributed by atoms with Crippen molar-refractivity contribution in [3.8, 4) is 0 Å². The first-order valence-corrected chi connectivity index (χ1v) is 13.1. The molecule has 4 rings (SSSR count). The number of rotatable bonds is 7. The molecule has 204 valence electrons. The second kappa shape index (κ2) is 11.5. The van der Waals surface area contributed by atoms with Crippen LogP contribution >= 0.6 is 58.0 Å². The Kier molecular flexibility index (Phi) is 8.64. The Morgan fingerprint density at radius 3 is 2.10 bits per heavy atom. The zero-order valence-corrected chi connectivity index (χ0v) is 23.6. The minimum absolute atomic E-state index is 0.0591. The number of nitrogens with one attached hydrogen (secondary N) is 3. The lowest BCUT2D eigenvalue weighted by molar-refractivity contribution is -0.126. The van der Waals surface area contributed by atoms with E-state index in [-0.39, 0.29) is 22.0 Å². The third kappa shape index (κ3) is 6.42. The van der Waals surface area contributed by atoms with Crippen molar-refractivity contribution in [3.63, 3.8) is 0 Å². The molecule has 2 atom stereocenters. The molecule has 39 heavy (non-hydrogen) atoms. The number of amides is 3. The van der Waals surface area contributed by atoms with Gasteiger partial charge in [-0.2, -0.15) is 8.78 Å². The summed E-state index contributed by atoms with van der Waals surface area (Å²) in [4.78, 5) is 37.2. The zero-order valence-electron chi connectivity index (χ0n) is 19.8. The van der Waals surface area contributed by atoms with Crippen LogP contribution in [0.1, 0.15) is 27.4 Å². The highest BCUT2D eigenvalue weighted by Gasteiger charge is 2.67.